The zero-order valence-electron chi connectivity index (χ0n) is 10.9. The molecular weight excluding hydrogens is 288 g/mol. The standard InChI is InChI=1S/C16H15ClN2S/c17-14-9-5-4-8-13(14)10-18-16-19-11-15(20-16)12-6-2-1-3-7-12/h1-9,15H,10-11H2,(H,18,19). The minimum atomic E-state index is 0.421. The van der Waals surface area contributed by atoms with Gasteiger partial charge in [0.2, 0.25) is 0 Å². The van der Waals surface area contributed by atoms with E-state index in [0.717, 1.165) is 22.3 Å². The Bertz CT molecular complexity index is 613. The molecule has 1 N–H and O–H groups in total. The Balaban J connectivity index is 1.57. The molecule has 1 aliphatic rings. The van der Waals surface area contributed by atoms with Crippen molar-refractivity contribution in [3.05, 3.63) is 70.7 Å². The Morgan fingerprint density at radius 2 is 1.85 bits per heavy atom. The van der Waals surface area contributed by atoms with Gasteiger partial charge >= 0.3 is 0 Å². The highest BCUT2D eigenvalue weighted by molar-refractivity contribution is 8.14. The van der Waals surface area contributed by atoms with E-state index in [-0.39, 0.29) is 0 Å². The summed E-state index contributed by atoms with van der Waals surface area (Å²) in [5.41, 5.74) is 2.43. The molecule has 0 bridgehead atoms. The number of rotatable bonds is 3. The van der Waals surface area contributed by atoms with E-state index in [1.807, 2.05) is 30.3 Å². The number of nitrogens with one attached hydrogen (secondary N) is 1. The molecule has 0 fully saturated rings. The van der Waals surface area contributed by atoms with Crippen LogP contribution in [0.1, 0.15) is 16.4 Å². The van der Waals surface area contributed by atoms with Crippen LogP contribution in [0.25, 0.3) is 0 Å². The Kier molecular flexibility index (Phi) is 4.28. The maximum absolute atomic E-state index is 6.15. The van der Waals surface area contributed by atoms with Gasteiger partial charge in [0.05, 0.1) is 11.8 Å². The van der Waals surface area contributed by atoms with Gasteiger partial charge in [-0.05, 0) is 17.2 Å². The van der Waals surface area contributed by atoms with Crippen LogP contribution in [0.4, 0.5) is 0 Å². The van der Waals surface area contributed by atoms with E-state index in [1.54, 1.807) is 11.8 Å². The summed E-state index contributed by atoms with van der Waals surface area (Å²) in [7, 11) is 0. The van der Waals surface area contributed by atoms with E-state index in [2.05, 4.69) is 34.6 Å². The molecule has 0 saturated heterocycles. The smallest absolute Gasteiger partial charge is 0.157 e. The van der Waals surface area contributed by atoms with Gasteiger partial charge < -0.3 is 5.32 Å². The van der Waals surface area contributed by atoms with Crippen LogP contribution in [0.15, 0.2) is 59.6 Å². The van der Waals surface area contributed by atoms with Crippen molar-refractivity contribution in [2.75, 3.05) is 6.54 Å². The number of hydrogen-bond acceptors (Lipinski definition) is 3. The second kappa shape index (κ2) is 6.33. The van der Waals surface area contributed by atoms with Crippen molar-refractivity contribution in [1.29, 1.82) is 0 Å². The Morgan fingerprint density at radius 3 is 2.65 bits per heavy atom. The van der Waals surface area contributed by atoms with Crippen molar-refractivity contribution in [3.8, 4) is 0 Å². The molecule has 1 atom stereocenters. The van der Waals surface area contributed by atoms with Gasteiger partial charge in [0.15, 0.2) is 5.17 Å². The number of halogens is 1. The molecule has 0 saturated carbocycles. The van der Waals surface area contributed by atoms with Crippen molar-refractivity contribution in [1.82, 2.24) is 5.32 Å². The summed E-state index contributed by atoms with van der Waals surface area (Å²) < 4.78 is 0. The fourth-order valence-electron chi connectivity index (χ4n) is 2.13. The first kappa shape index (κ1) is 13.5. The van der Waals surface area contributed by atoms with Crippen LogP contribution < -0.4 is 5.32 Å². The van der Waals surface area contributed by atoms with E-state index < -0.39 is 0 Å². The summed E-state index contributed by atoms with van der Waals surface area (Å²) in [5, 5.41) is 5.58. The second-order valence-corrected chi connectivity index (χ2v) is 6.21. The number of nitrogens with zero attached hydrogens (tertiary/aromatic N) is 1. The average Bonchev–Trinajstić information content (AvgIpc) is 2.96. The van der Waals surface area contributed by atoms with Crippen LogP contribution >= 0.6 is 23.4 Å². The second-order valence-electron chi connectivity index (χ2n) is 4.61. The van der Waals surface area contributed by atoms with Gasteiger partial charge in [-0.1, -0.05) is 71.9 Å². The highest BCUT2D eigenvalue weighted by Crippen LogP contribution is 2.34. The van der Waals surface area contributed by atoms with Gasteiger partial charge in [-0.3, -0.25) is 4.99 Å². The minimum Gasteiger partial charge on any atom is -0.361 e. The van der Waals surface area contributed by atoms with E-state index >= 15 is 0 Å². The Hall–Kier alpha value is -1.45. The third-order valence-electron chi connectivity index (χ3n) is 3.21. The predicted molar refractivity (Wildman–Crippen MR) is 87.4 cm³/mol. The molecule has 1 aliphatic heterocycles. The molecule has 0 aromatic heterocycles. The average molecular weight is 303 g/mol. The molecule has 2 nitrogen and oxygen atoms in total. The number of amidine groups is 1. The van der Waals surface area contributed by atoms with Crippen LogP contribution in [0.5, 0.6) is 0 Å². The van der Waals surface area contributed by atoms with Crippen LogP contribution in [-0.2, 0) is 6.54 Å². The first-order valence-electron chi connectivity index (χ1n) is 6.56. The molecule has 3 rings (SSSR count). The van der Waals surface area contributed by atoms with Gasteiger partial charge in [0, 0.05) is 11.6 Å². The van der Waals surface area contributed by atoms with Crippen molar-refractivity contribution in [2.24, 2.45) is 4.99 Å². The first-order valence-corrected chi connectivity index (χ1v) is 7.82. The monoisotopic (exact) mass is 302 g/mol. The molecule has 0 spiro atoms. The summed E-state index contributed by atoms with van der Waals surface area (Å²) >= 11 is 7.93. The molecule has 2 aromatic carbocycles. The molecule has 2 aromatic rings. The number of aliphatic imine (C=N–C) groups is 1. The molecule has 0 amide bonds. The fraction of sp³-hybridized carbons (Fsp3) is 0.188. The highest BCUT2D eigenvalue weighted by atomic mass is 35.5. The molecule has 0 aliphatic carbocycles. The number of thioether (sulfide) groups is 1. The maximum atomic E-state index is 6.15. The van der Waals surface area contributed by atoms with Crippen LogP contribution in [-0.4, -0.2) is 11.7 Å². The van der Waals surface area contributed by atoms with Crippen LogP contribution in [0, 0.1) is 0 Å². The van der Waals surface area contributed by atoms with Crippen LogP contribution in [0.2, 0.25) is 5.02 Å². The lowest BCUT2D eigenvalue weighted by atomic mass is 10.1. The molecule has 1 unspecified atom stereocenters. The lowest BCUT2D eigenvalue weighted by molar-refractivity contribution is 0.912. The third-order valence-corrected chi connectivity index (χ3v) is 4.79. The molecule has 1 heterocycles. The lowest BCUT2D eigenvalue weighted by Crippen LogP contribution is -2.18. The normalized spacial score (nSPS) is 17.9. The highest BCUT2D eigenvalue weighted by Gasteiger charge is 2.20. The van der Waals surface area contributed by atoms with E-state index in [9.17, 15) is 0 Å². The maximum Gasteiger partial charge on any atom is 0.157 e. The van der Waals surface area contributed by atoms with Crippen molar-refractivity contribution < 1.29 is 0 Å². The van der Waals surface area contributed by atoms with Crippen molar-refractivity contribution >= 4 is 28.5 Å². The van der Waals surface area contributed by atoms with Gasteiger partial charge in [0.1, 0.15) is 0 Å². The van der Waals surface area contributed by atoms with Gasteiger partial charge in [-0.25, -0.2) is 0 Å². The largest absolute Gasteiger partial charge is 0.361 e. The SMILES string of the molecule is Clc1ccccc1CNC1=NCC(c2ccccc2)S1. The summed E-state index contributed by atoms with van der Waals surface area (Å²) in [6, 6.07) is 18.4. The van der Waals surface area contributed by atoms with E-state index in [1.165, 1.54) is 5.56 Å². The molecule has 0 radical (unpaired) electrons. The summed E-state index contributed by atoms with van der Waals surface area (Å²) in [4.78, 5) is 4.56. The topological polar surface area (TPSA) is 24.4 Å². The van der Waals surface area contributed by atoms with E-state index in [0.29, 0.717) is 11.8 Å². The molecule has 102 valence electrons. The van der Waals surface area contributed by atoms with Crippen LogP contribution in [0.3, 0.4) is 0 Å². The molecule has 4 heteroatoms. The Labute approximate surface area is 128 Å². The summed E-state index contributed by atoms with van der Waals surface area (Å²) in [6.07, 6.45) is 0. The van der Waals surface area contributed by atoms with Gasteiger partial charge in [0.25, 0.3) is 0 Å². The van der Waals surface area contributed by atoms with Gasteiger partial charge in [-0.15, -0.1) is 0 Å². The summed E-state index contributed by atoms with van der Waals surface area (Å²) in [6.45, 7) is 1.55. The summed E-state index contributed by atoms with van der Waals surface area (Å²) in [5.74, 6) is 0. The van der Waals surface area contributed by atoms with Gasteiger partial charge in [-0.2, -0.15) is 0 Å². The first-order chi connectivity index (χ1) is 9.83. The lowest BCUT2D eigenvalue weighted by Gasteiger charge is -2.10. The Morgan fingerprint density at radius 1 is 1.10 bits per heavy atom. The van der Waals surface area contributed by atoms with Crippen molar-refractivity contribution in [3.63, 3.8) is 0 Å². The fourth-order valence-corrected chi connectivity index (χ4v) is 3.35. The number of benzene rings is 2. The molecular formula is C16H15ClN2S. The third kappa shape index (κ3) is 3.17. The zero-order chi connectivity index (χ0) is 13.8. The molecule has 20 heavy (non-hydrogen) atoms. The number of hydrogen-bond donors (Lipinski definition) is 1. The van der Waals surface area contributed by atoms with Crippen molar-refractivity contribution in [2.45, 2.75) is 11.8 Å². The van der Waals surface area contributed by atoms with E-state index in [4.69, 9.17) is 11.6 Å². The zero-order valence-corrected chi connectivity index (χ0v) is 12.5. The quantitative estimate of drug-likeness (QED) is 0.915. The predicted octanol–water partition coefficient (Wildman–Crippen LogP) is 4.27. The minimum absolute atomic E-state index is 0.421.